The molecule has 0 spiro atoms. The number of nitrogens with zero attached hydrogens (tertiary/aromatic N) is 3. The minimum Gasteiger partial charge on any atom is -0.347 e. The molecule has 1 amide bonds. The number of aryl methyl sites for hydroxylation is 1. The topological polar surface area (TPSA) is 79.8 Å². The number of carbonyl (C=O) groups excluding carboxylic acids is 1. The van der Waals surface area contributed by atoms with Crippen LogP contribution in [-0.2, 0) is 4.79 Å². The predicted molar refractivity (Wildman–Crippen MR) is 84.5 cm³/mol. The normalized spacial score (nSPS) is 12.0. The van der Waals surface area contributed by atoms with Crippen LogP contribution in [0.1, 0.15) is 44.1 Å². The van der Waals surface area contributed by atoms with Crippen molar-refractivity contribution in [2.45, 2.75) is 39.7 Å². The molecule has 0 aliphatic rings. The average molecular weight is 305 g/mol. The van der Waals surface area contributed by atoms with E-state index in [1.165, 1.54) is 5.56 Å². The number of aromatic nitrogens is 3. The maximum Gasteiger partial charge on any atom is 0.234 e. The van der Waals surface area contributed by atoms with E-state index >= 15 is 0 Å². The highest BCUT2D eigenvalue weighted by atomic mass is 32.1. The van der Waals surface area contributed by atoms with Crippen LogP contribution in [0.2, 0.25) is 0 Å². The molecule has 0 saturated carbocycles. The Kier molecular flexibility index (Phi) is 5.21. The lowest BCUT2D eigenvalue weighted by atomic mass is 10.1. The number of amides is 1. The maximum atomic E-state index is 11.4. The summed E-state index contributed by atoms with van der Waals surface area (Å²) in [7, 11) is 0. The molecular weight excluding hydrogens is 286 g/mol. The van der Waals surface area contributed by atoms with Gasteiger partial charge in [-0.3, -0.25) is 10.1 Å². The Morgan fingerprint density at radius 3 is 2.67 bits per heavy atom. The van der Waals surface area contributed by atoms with Crippen LogP contribution in [-0.4, -0.2) is 20.9 Å². The van der Waals surface area contributed by atoms with Crippen molar-refractivity contribution in [1.29, 1.82) is 0 Å². The molecule has 0 saturated heterocycles. The second-order valence-corrected chi connectivity index (χ2v) is 5.37. The van der Waals surface area contributed by atoms with Gasteiger partial charge in [-0.05, 0) is 35.7 Å². The van der Waals surface area contributed by atoms with Gasteiger partial charge in [0.25, 0.3) is 0 Å². The van der Waals surface area contributed by atoms with E-state index in [1.807, 2.05) is 5.38 Å². The van der Waals surface area contributed by atoms with E-state index in [0.29, 0.717) is 18.2 Å². The number of thiophene rings is 1. The van der Waals surface area contributed by atoms with Crippen molar-refractivity contribution < 1.29 is 4.79 Å². The van der Waals surface area contributed by atoms with Crippen LogP contribution in [0.3, 0.4) is 0 Å². The number of anilines is 2. The summed E-state index contributed by atoms with van der Waals surface area (Å²) in [5, 5.41) is 10.1. The Morgan fingerprint density at radius 1 is 1.29 bits per heavy atom. The van der Waals surface area contributed by atoms with Crippen LogP contribution in [0.5, 0.6) is 0 Å². The summed E-state index contributed by atoms with van der Waals surface area (Å²) in [5.41, 5.74) is 1.21. The van der Waals surface area contributed by atoms with E-state index < -0.39 is 0 Å². The second-order valence-electron chi connectivity index (χ2n) is 4.59. The van der Waals surface area contributed by atoms with Crippen LogP contribution < -0.4 is 10.6 Å². The molecular formula is C14H19N5OS. The highest BCUT2D eigenvalue weighted by Crippen LogP contribution is 2.23. The van der Waals surface area contributed by atoms with Gasteiger partial charge in [0.2, 0.25) is 17.8 Å². The SMILES string of the molecule is CCC(=O)Nc1nc(C)nc(NC(CC)c2ccsc2)n1. The fourth-order valence-corrected chi connectivity index (χ4v) is 2.58. The van der Waals surface area contributed by atoms with Crippen LogP contribution in [0.15, 0.2) is 16.8 Å². The Hall–Kier alpha value is -2.02. The van der Waals surface area contributed by atoms with Crippen molar-refractivity contribution in [3.8, 4) is 0 Å². The molecule has 21 heavy (non-hydrogen) atoms. The number of carbonyl (C=O) groups is 1. The number of nitrogens with one attached hydrogen (secondary N) is 2. The molecule has 2 N–H and O–H groups in total. The molecule has 0 fully saturated rings. The van der Waals surface area contributed by atoms with Crippen molar-refractivity contribution in [3.63, 3.8) is 0 Å². The third kappa shape index (κ3) is 4.22. The maximum absolute atomic E-state index is 11.4. The van der Waals surface area contributed by atoms with E-state index in [-0.39, 0.29) is 17.9 Å². The molecule has 7 heteroatoms. The van der Waals surface area contributed by atoms with Gasteiger partial charge in [0.05, 0.1) is 6.04 Å². The molecule has 0 radical (unpaired) electrons. The molecule has 6 nitrogen and oxygen atoms in total. The fourth-order valence-electron chi connectivity index (χ4n) is 1.87. The van der Waals surface area contributed by atoms with Crippen LogP contribution in [0.25, 0.3) is 0 Å². The van der Waals surface area contributed by atoms with Gasteiger partial charge in [0, 0.05) is 6.42 Å². The molecule has 0 aromatic carbocycles. The zero-order valence-corrected chi connectivity index (χ0v) is 13.2. The van der Waals surface area contributed by atoms with Crippen molar-refractivity contribution in [2.75, 3.05) is 10.6 Å². The monoisotopic (exact) mass is 305 g/mol. The van der Waals surface area contributed by atoms with E-state index in [9.17, 15) is 4.79 Å². The van der Waals surface area contributed by atoms with Crippen molar-refractivity contribution in [2.24, 2.45) is 0 Å². The molecule has 1 unspecified atom stereocenters. The van der Waals surface area contributed by atoms with Gasteiger partial charge in [0.1, 0.15) is 5.82 Å². The van der Waals surface area contributed by atoms with E-state index in [0.717, 1.165) is 6.42 Å². The first-order chi connectivity index (χ1) is 10.1. The zero-order chi connectivity index (χ0) is 15.2. The van der Waals surface area contributed by atoms with Gasteiger partial charge < -0.3 is 5.32 Å². The first-order valence-electron chi connectivity index (χ1n) is 6.93. The smallest absolute Gasteiger partial charge is 0.234 e. The van der Waals surface area contributed by atoms with Gasteiger partial charge >= 0.3 is 0 Å². The fraction of sp³-hybridized carbons (Fsp3) is 0.429. The predicted octanol–water partition coefficient (Wildman–Crippen LogP) is 3.15. The lowest BCUT2D eigenvalue weighted by Crippen LogP contribution is -2.16. The summed E-state index contributed by atoms with van der Waals surface area (Å²) in [6.07, 6.45) is 1.30. The number of rotatable bonds is 6. The molecule has 2 aromatic rings. The van der Waals surface area contributed by atoms with Gasteiger partial charge in [-0.15, -0.1) is 0 Å². The Balaban J connectivity index is 2.17. The summed E-state index contributed by atoms with van der Waals surface area (Å²) < 4.78 is 0. The standard InChI is InChI=1S/C14H19N5OS/c1-4-11(10-6-7-21-8-10)17-13-15-9(3)16-14(19-13)18-12(20)5-2/h6-8,11H,4-5H2,1-3H3,(H2,15,16,17,18,19,20). The van der Waals surface area contributed by atoms with Gasteiger partial charge in [-0.25, -0.2) is 0 Å². The largest absolute Gasteiger partial charge is 0.347 e. The molecule has 0 bridgehead atoms. The quantitative estimate of drug-likeness (QED) is 0.857. The van der Waals surface area contributed by atoms with Crippen molar-refractivity contribution >= 4 is 29.1 Å². The van der Waals surface area contributed by atoms with Crippen molar-refractivity contribution in [3.05, 3.63) is 28.2 Å². The van der Waals surface area contributed by atoms with E-state index in [4.69, 9.17) is 0 Å². The minimum absolute atomic E-state index is 0.114. The molecule has 2 aromatic heterocycles. The molecule has 0 aliphatic heterocycles. The first kappa shape index (κ1) is 15.4. The molecule has 0 aliphatic carbocycles. The summed E-state index contributed by atoms with van der Waals surface area (Å²) in [4.78, 5) is 24.1. The lowest BCUT2D eigenvalue weighted by Gasteiger charge is -2.16. The molecule has 112 valence electrons. The minimum atomic E-state index is -0.114. The van der Waals surface area contributed by atoms with Gasteiger partial charge in [-0.1, -0.05) is 13.8 Å². The summed E-state index contributed by atoms with van der Waals surface area (Å²) >= 11 is 1.66. The molecule has 1 atom stereocenters. The van der Waals surface area contributed by atoms with Crippen LogP contribution in [0.4, 0.5) is 11.9 Å². The average Bonchev–Trinajstić information content (AvgIpc) is 2.98. The summed E-state index contributed by atoms with van der Waals surface area (Å²) in [6.45, 7) is 5.66. The number of hydrogen-bond donors (Lipinski definition) is 2. The van der Waals surface area contributed by atoms with Crippen LogP contribution >= 0.6 is 11.3 Å². The van der Waals surface area contributed by atoms with Gasteiger partial charge in [0.15, 0.2) is 0 Å². The molecule has 2 rings (SSSR count). The van der Waals surface area contributed by atoms with E-state index in [1.54, 1.807) is 25.2 Å². The van der Waals surface area contributed by atoms with Crippen LogP contribution in [0, 0.1) is 6.92 Å². The third-order valence-electron chi connectivity index (χ3n) is 2.98. The highest BCUT2D eigenvalue weighted by molar-refractivity contribution is 7.08. The Labute approximate surface area is 128 Å². The second kappa shape index (κ2) is 7.12. The third-order valence-corrected chi connectivity index (χ3v) is 3.68. The van der Waals surface area contributed by atoms with Crippen molar-refractivity contribution in [1.82, 2.24) is 15.0 Å². The lowest BCUT2D eigenvalue weighted by molar-refractivity contribution is -0.115. The Morgan fingerprint density at radius 2 is 2.05 bits per heavy atom. The zero-order valence-electron chi connectivity index (χ0n) is 12.4. The summed E-state index contributed by atoms with van der Waals surface area (Å²) in [6, 6.07) is 2.23. The summed E-state index contributed by atoms with van der Waals surface area (Å²) in [5.74, 6) is 1.22. The first-order valence-corrected chi connectivity index (χ1v) is 7.87. The van der Waals surface area contributed by atoms with E-state index in [2.05, 4.69) is 44.0 Å². The number of hydrogen-bond acceptors (Lipinski definition) is 6. The Bertz CT molecular complexity index is 599. The van der Waals surface area contributed by atoms with Gasteiger partial charge in [-0.2, -0.15) is 26.3 Å². The molecule has 2 heterocycles. The highest BCUT2D eigenvalue weighted by Gasteiger charge is 2.13.